The summed E-state index contributed by atoms with van der Waals surface area (Å²) in [5.41, 5.74) is 1.57. The van der Waals surface area contributed by atoms with E-state index in [1.165, 1.54) is 0 Å². The van der Waals surface area contributed by atoms with Gasteiger partial charge in [0.2, 0.25) is 5.91 Å². The number of nitrogens with zero attached hydrogens (tertiary/aromatic N) is 3. The summed E-state index contributed by atoms with van der Waals surface area (Å²) in [6, 6.07) is 20.8. The lowest BCUT2D eigenvalue weighted by atomic mass is 10.2. The number of hydrogen-bond donors (Lipinski definition) is 0. The van der Waals surface area contributed by atoms with Crippen molar-refractivity contribution in [2.75, 3.05) is 45.9 Å². The second kappa shape index (κ2) is 12.7. The van der Waals surface area contributed by atoms with E-state index in [2.05, 4.69) is 20.8 Å². The first-order chi connectivity index (χ1) is 17.1. The third-order valence-electron chi connectivity index (χ3n) is 5.97. The standard InChI is InChI=1S/C27H30BrN3O4/c28-24-9-4-8-23(18-24)27(33)30(12-11-29-13-16-34-17-14-29)21-26(32)31(20-25-10-5-15-35-25)19-22-6-2-1-3-7-22/h1-10,15,18H,11-14,16-17,19-21H2. The Hall–Kier alpha value is -2.94. The number of furan rings is 1. The molecule has 3 aromatic rings. The van der Waals surface area contributed by atoms with E-state index >= 15 is 0 Å². The summed E-state index contributed by atoms with van der Waals surface area (Å²) in [6.07, 6.45) is 1.60. The van der Waals surface area contributed by atoms with E-state index in [9.17, 15) is 9.59 Å². The van der Waals surface area contributed by atoms with E-state index in [4.69, 9.17) is 9.15 Å². The highest BCUT2D eigenvalue weighted by molar-refractivity contribution is 9.10. The van der Waals surface area contributed by atoms with Crippen LogP contribution >= 0.6 is 15.9 Å². The van der Waals surface area contributed by atoms with Gasteiger partial charge in [0.1, 0.15) is 12.3 Å². The van der Waals surface area contributed by atoms with Gasteiger partial charge in [-0.2, -0.15) is 0 Å². The minimum Gasteiger partial charge on any atom is -0.467 e. The van der Waals surface area contributed by atoms with Gasteiger partial charge in [-0.15, -0.1) is 0 Å². The average Bonchev–Trinajstić information content (AvgIpc) is 3.40. The van der Waals surface area contributed by atoms with Gasteiger partial charge in [-0.25, -0.2) is 0 Å². The van der Waals surface area contributed by atoms with E-state index in [0.29, 0.717) is 50.7 Å². The van der Waals surface area contributed by atoms with Crippen molar-refractivity contribution in [1.82, 2.24) is 14.7 Å². The molecular formula is C27H30BrN3O4. The lowest BCUT2D eigenvalue weighted by molar-refractivity contribution is -0.133. The van der Waals surface area contributed by atoms with Gasteiger partial charge in [-0.3, -0.25) is 14.5 Å². The van der Waals surface area contributed by atoms with Crippen molar-refractivity contribution >= 4 is 27.7 Å². The lowest BCUT2D eigenvalue weighted by Gasteiger charge is -2.31. The molecule has 1 aliphatic heterocycles. The number of carbonyl (C=O) groups excluding carboxylic acids is 2. The fourth-order valence-electron chi connectivity index (χ4n) is 4.03. The van der Waals surface area contributed by atoms with Crippen LogP contribution in [0.2, 0.25) is 0 Å². The SMILES string of the molecule is O=C(CN(CCN1CCOCC1)C(=O)c1cccc(Br)c1)N(Cc1ccccc1)Cc1ccco1. The Balaban J connectivity index is 1.51. The smallest absolute Gasteiger partial charge is 0.254 e. The number of morpholine rings is 1. The molecule has 0 atom stereocenters. The maximum Gasteiger partial charge on any atom is 0.254 e. The Morgan fingerprint density at radius 2 is 1.71 bits per heavy atom. The molecule has 4 rings (SSSR count). The Morgan fingerprint density at radius 1 is 0.914 bits per heavy atom. The van der Waals surface area contributed by atoms with Gasteiger partial charge in [0, 0.05) is 42.8 Å². The molecule has 1 saturated heterocycles. The second-order valence-electron chi connectivity index (χ2n) is 8.51. The van der Waals surface area contributed by atoms with Gasteiger partial charge in [0.15, 0.2) is 0 Å². The highest BCUT2D eigenvalue weighted by atomic mass is 79.9. The van der Waals surface area contributed by atoms with Crippen LogP contribution in [0.3, 0.4) is 0 Å². The fourth-order valence-corrected chi connectivity index (χ4v) is 4.43. The largest absolute Gasteiger partial charge is 0.467 e. The van der Waals surface area contributed by atoms with E-state index in [1.807, 2.05) is 54.6 Å². The predicted molar refractivity (Wildman–Crippen MR) is 137 cm³/mol. The highest BCUT2D eigenvalue weighted by Crippen LogP contribution is 2.16. The number of ether oxygens (including phenoxy) is 1. The van der Waals surface area contributed by atoms with Crippen LogP contribution < -0.4 is 0 Å². The van der Waals surface area contributed by atoms with Crippen molar-refractivity contribution in [3.63, 3.8) is 0 Å². The molecule has 0 bridgehead atoms. The Morgan fingerprint density at radius 3 is 2.43 bits per heavy atom. The molecule has 0 unspecified atom stereocenters. The summed E-state index contributed by atoms with van der Waals surface area (Å²) in [4.78, 5) is 32.7. The molecule has 0 radical (unpaired) electrons. The summed E-state index contributed by atoms with van der Waals surface area (Å²) in [5, 5.41) is 0. The fraction of sp³-hybridized carbons (Fsp3) is 0.333. The minimum atomic E-state index is -0.162. The number of halogens is 1. The van der Waals surface area contributed by atoms with Crippen LogP contribution in [-0.2, 0) is 22.6 Å². The van der Waals surface area contributed by atoms with Crippen LogP contribution in [0.15, 0.2) is 81.9 Å². The molecule has 1 fully saturated rings. The number of hydrogen-bond acceptors (Lipinski definition) is 5. The number of benzene rings is 2. The van der Waals surface area contributed by atoms with Crippen molar-refractivity contribution in [2.24, 2.45) is 0 Å². The summed E-state index contributed by atoms with van der Waals surface area (Å²) in [5.74, 6) is 0.411. The zero-order valence-electron chi connectivity index (χ0n) is 19.6. The molecule has 8 heteroatoms. The lowest BCUT2D eigenvalue weighted by Crippen LogP contribution is -2.47. The number of carbonyl (C=O) groups is 2. The molecule has 0 aliphatic carbocycles. The normalized spacial score (nSPS) is 14.0. The number of rotatable bonds is 10. The van der Waals surface area contributed by atoms with Gasteiger partial charge < -0.3 is 19.0 Å². The topological polar surface area (TPSA) is 66.2 Å². The quantitative estimate of drug-likeness (QED) is 0.389. The molecule has 0 saturated carbocycles. The predicted octanol–water partition coefficient (Wildman–Crippen LogP) is 4.05. The molecule has 2 aromatic carbocycles. The first-order valence-electron chi connectivity index (χ1n) is 11.8. The first-order valence-corrected chi connectivity index (χ1v) is 12.6. The third kappa shape index (κ3) is 7.52. The summed E-state index contributed by atoms with van der Waals surface area (Å²) in [7, 11) is 0. The summed E-state index contributed by atoms with van der Waals surface area (Å²) < 4.78 is 11.8. The van der Waals surface area contributed by atoms with E-state index in [1.54, 1.807) is 28.2 Å². The van der Waals surface area contributed by atoms with Crippen LogP contribution in [0.5, 0.6) is 0 Å². The molecular weight excluding hydrogens is 510 g/mol. The summed E-state index contributed by atoms with van der Waals surface area (Å²) >= 11 is 3.45. The molecule has 0 N–H and O–H groups in total. The van der Waals surface area contributed by atoms with Crippen LogP contribution in [0.25, 0.3) is 0 Å². The van der Waals surface area contributed by atoms with Gasteiger partial charge in [-0.1, -0.05) is 52.3 Å². The summed E-state index contributed by atoms with van der Waals surface area (Å²) in [6.45, 7) is 4.93. The van der Waals surface area contributed by atoms with Crippen LogP contribution in [0.4, 0.5) is 0 Å². The van der Waals surface area contributed by atoms with E-state index in [-0.39, 0.29) is 18.4 Å². The highest BCUT2D eigenvalue weighted by Gasteiger charge is 2.24. The zero-order valence-corrected chi connectivity index (χ0v) is 21.2. The van der Waals surface area contributed by atoms with Crippen molar-refractivity contribution < 1.29 is 18.7 Å². The molecule has 35 heavy (non-hydrogen) atoms. The van der Waals surface area contributed by atoms with Gasteiger partial charge in [0.25, 0.3) is 5.91 Å². The minimum absolute atomic E-state index is 0.0107. The number of amides is 2. The van der Waals surface area contributed by atoms with Crippen molar-refractivity contribution in [1.29, 1.82) is 0 Å². The van der Waals surface area contributed by atoms with Crippen LogP contribution in [-0.4, -0.2) is 72.5 Å². The Kier molecular flexibility index (Phi) is 9.11. The Labute approximate surface area is 214 Å². The molecule has 7 nitrogen and oxygen atoms in total. The van der Waals surface area contributed by atoms with Crippen molar-refractivity contribution in [3.8, 4) is 0 Å². The molecule has 2 heterocycles. The van der Waals surface area contributed by atoms with Crippen molar-refractivity contribution in [2.45, 2.75) is 13.1 Å². The Bertz CT molecular complexity index is 1080. The maximum atomic E-state index is 13.6. The molecule has 2 amide bonds. The van der Waals surface area contributed by atoms with Gasteiger partial charge in [-0.05, 0) is 35.9 Å². The monoisotopic (exact) mass is 539 g/mol. The third-order valence-corrected chi connectivity index (χ3v) is 6.46. The van der Waals surface area contributed by atoms with Crippen molar-refractivity contribution in [3.05, 3.63) is 94.4 Å². The molecule has 184 valence electrons. The van der Waals surface area contributed by atoms with Gasteiger partial charge >= 0.3 is 0 Å². The molecule has 1 aliphatic rings. The van der Waals surface area contributed by atoms with Crippen LogP contribution in [0, 0.1) is 0 Å². The molecule has 0 spiro atoms. The zero-order chi connectivity index (χ0) is 24.5. The average molecular weight is 540 g/mol. The van der Waals surface area contributed by atoms with Gasteiger partial charge in [0.05, 0.1) is 26.0 Å². The van der Waals surface area contributed by atoms with E-state index in [0.717, 1.165) is 23.1 Å². The van der Waals surface area contributed by atoms with E-state index < -0.39 is 0 Å². The maximum absolute atomic E-state index is 13.6. The van der Waals surface area contributed by atoms with Crippen LogP contribution in [0.1, 0.15) is 21.7 Å². The first kappa shape index (κ1) is 25.2. The second-order valence-corrected chi connectivity index (χ2v) is 9.42. The molecule has 1 aromatic heterocycles.